The fraction of sp³-hybridized carbons (Fsp3) is 0.455. The average Bonchev–Trinajstić information content (AvgIpc) is 2.47. The van der Waals surface area contributed by atoms with Gasteiger partial charge in [0.05, 0.1) is 12.4 Å². The lowest BCUT2D eigenvalue weighted by molar-refractivity contribution is 0.166. The van der Waals surface area contributed by atoms with Gasteiger partial charge in [-0.1, -0.05) is 5.57 Å². The number of aryl methyl sites for hydroxylation is 1. The van der Waals surface area contributed by atoms with Crippen molar-refractivity contribution in [1.82, 2.24) is 0 Å². The van der Waals surface area contributed by atoms with Gasteiger partial charge in [-0.3, -0.25) is 0 Å². The van der Waals surface area contributed by atoms with Gasteiger partial charge in [-0.05, 0) is 32.8 Å². The van der Waals surface area contributed by atoms with Crippen LogP contribution < -0.4 is 0 Å². The molecule has 1 unspecified atom stereocenters. The summed E-state index contributed by atoms with van der Waals surface area (Å²) in [6.07, 6.45) is 2.76. The van der Waals surface area contributed by atoms with E-state index in [1.165, 1.54) is 0 Å². The first-order chi connectivity index (χ1) is 6.11. The SMILES string of the molecule is C=C(C)CCC(O)c1ccoc1C. The molecule has 0 aliphatic rings. The third kappa shape index (κ3) is 2.74. The fourth-order valence-corrected chi connectivity index (χ4v) is 1.28. The molecule has 0 bridgehead atoms. The van der Waals surface area contributed by atoms with Gasteiger partial charge < -0.3 is 9.52 Å². The standard InChI is InChI=1S/C11H16O2/c1-8(2)4-5-11(12)10-6-7-13-9(10)3/h6-7,11-12H,1,4-5H2,2-3H3. The molecule has 13 heavy (non-hydrogen) atoms. The second-order valence-electron chi connectivity index (χ2n) is 3.44. The molecule has 2 nitrogen and oxygen atoms in total. The monoisotopic (exact) mass is 180 g/mol. The van der Waals surface area contributed by atoms with E-state index < -0.39 is 6.10 Å². The number of hydrogen-bond acceptors (Lipinski definition) is 2. The number of hydrogen-bond donors (Lipinski definition) is 1. The van der Waals surface area contributed by atoms with Crippen LogP contribution in [0.1, 0.15) is 37.2 Å². The van der Waals surface area contributed by atoms with E-state index in [0.29, 0.717) is 0 Å². The van der Waals surface area contributed by atoms with Crippen LogP contribution in [0.3, 0.4) is 0 Å². The molecule has 1 aromatic rings. The van der Waals surface area contributed by atoms with Crippen molar-refractivity contribution in [3.63, 3.8) is 0 Å². The minimum absolute atomic E-state index is 0.421. The molecule has 0 aliphatic carbocycles. The topological polar surface area (TPSA) is 33.4 Å². The van der Waals surface area contributed by atoms with Crippen LogP contribution >= 0.6 is 0 Å². The summed E-state index contributed by atoms with van der Waals surface area (Å²) in [5.41, 5.74) is 1.99. The minimum atomic E-state index is -0.421. The summed E-state index contributed by atoms with van der Waals surface area (Å²) in [5.74, 6) is 0.800. The van der Waals surface area contributed by atoms with Crippen molar-refractivity contribution < 1.29 is 9.52 Å². The third-order valence-corrected chi connectivity index (χ3v) is 2.10. The molecule has 0 saturated carbocycles. The number of rotatable bonds is 4. The zero-order valence-corrected chi connectivity index (χ0v) is 8.21. The predicted octanol–water partition coefficient (Wildman–Crippen LogP) is 2.98. The molecule has 72 valence electrons. The van der Waals surface area contributed by atoms with Crippen LogP contribution in [0.5, 0.6) is 0 Å². The minimum Gasteiger partial charge on any atom is -0.469 e. The Bertz CT molecular complexity index is 286. The van der Waals surface area contributed by atoms with Gasteiger partial charge in [0.1, 0.15) is 5.76 Å². The first-order valence-corrected chi connectivity index (χ1v) is 4.47. The highest BCUT2D eigenvalue weighted by Gasteiger charge is 2.11. The molecule has 0 radical (unpaired) electrons. The van der Waals surface area contributed by atoms with Crippen LogP contribution in [0.4, 0.5) is 0 Å². The lowest BCUT2D eigenvalue weighted by Crippen LogP contribution is -1.97. The highest BCUT2D eigenvalue weighted by atomic mass is 16.3. The highest BCUT2D eigenvalue weighted by molar-refractivity contribution is 5.18. The first kappa shape index (κ1) is 10.1. The Balaban J connectivity index is 2.53. The van der Waals surface area contributed by atoms with Crippen molar-refractivity contribution in [1.29, 1.82) is 0 Å². The molecule has 1 aromatic heterocycles. The maximum absolute atomic E-state index is 9.74. The van der Waals surface area contributed by atoms with Crippen LogP contribution in [-0.4, -0.2) is 5.11 Å². The van der Waals surface area contributed by atoms with Gasteiger partial charge in [-0.15, -0.1) is 6.58 Å². The molecule has 1 atom stereocenters. The Morgan fingerprint density at radius 3 is 2.85 bits per heavy atom. The number of aliphatic hydroxyl groups excluding tert-OH is 1. The second-order valence-corrected chi connectivity index (χ2v) is 3.44. The molecule has 2 heteroatoms. The Hall–Kier alpha value is -1.02. The molecular weight excluding hydrogens is 164 g/mol. The smallest absolute Gasteiger partial charge is 0.106 e. The summed E-state index contributed by atoms with van der Waals surface area (Å²) in [6.45, 7) is 7.62. The molecule has 0 aliphatic heterocycles. The van der Waals surface area contributed by atoms with E-state index in [1.807, 2.05) is 19.9 Å². The Labute approximate surface area is 78.9 Å². The quantitative estimate of drug-likeness (QED) is 0.722. The largest absolute Gasteiger partial charge is 0.469 e. The summed E-state index contributed by atoms with van der Waals surface area (Å²) >= 11 is 0. The van der Waals surface area contributed by atoms with E-state index in [1.54, 1.807) is 6.26 Å². The van der Waals surface area contributed by atoms with E-state index in [9.17, 15) is 5.11 Å². The maximum atomic E-state index is 9.74. The highest BCUT2D eigenvalue weighted by Crippen LogP contribution is 2.23. The van der Waals surface area contributed by atoms with Gasteiger partial charge in [-0.2, -0.15) is 0 Å². The van der Waals surface area contributed by atoms with Crippen molar-refractivity contribution in [2.45, 2.75) is 32.8 Å². The van der Waals surface area contributed by atoms with Crippen LogP contribution in [0, 0.1) is 6.92 Å². The average molecular weight is 180 g/mol. The van der Waals surface area contributed by atoms with Crippen LogP contribution in [0.25, 0.3) is 0 Å². The normalized spacial score (nSPS) is 12.8. The number of aliphatic hydroxyl groups is 1. The molecule has 0 aromatic carbocycles. The molecule has 1 heterocycles. The lowest BCUT2D eigenvalue weighted by atomic mass is 10.0. The molecule has 1 N–H and O–H groups in total. The zero-order valence-electron chi connectivity index (χ0n) is 8.21. The molecule has 1 rings (SSSR count). The molecule has 0 saturated heterocycles. The van der Waals surface area contributed by atoms with E-state index in [0.717, 1.165) is 29.7 Å². The van der Waals surface area contributed by atoms with Crippen molar-refractivity contribution in [3.05, 3.63) is 35.8 Å². The lowest BCUT2D eigenvalue weighted by Gasteiger charge is -2.08. The van der Waals surface area contributed by atoms with Crippen molar-refractivity contribution in [2.75, 3.05) is 0 Å². The van der Waals surface area contributed by atoms with Crippen LogP contribution in [0.15, 0.2) is 28.9 Å². The third-order valence-electron chi connectivity index (χ3n) is 2.10. The predicted molar refractivity (Wildman–Crippen MR) is 52.5 cm³/mol. The number of furan rings is 1. The van der Waals surface area contributed by atoms with Gasteiger partial charge in [0.2, 0.25) is 0 Å². The Kier molecular flexibility index (Phi) is 3.32. The molecule has 0 fully saturated rings. The van der Waals surface area contributed by atoms with E-state index in [-0.39, 0.29) is 0 Å². The first-order valence-electron chi connectivity index (χ1n) is 4.47. The van der Waals surface area contributed by atoms with E-state index >= 15 is 0 Å². The van der Waals surface area contributed by atoms with Gasteiger partial charge in [0.15, 0.2) is 0 Å². The van der Waals surface area contributed by atoms with Gasteiger partial charge in [-0.25, -0.2) is 0 Å². The Morgan fingerprint density at radius 1 is 1.69 bits per heavy atom. The zero-order chi connectivity index (χ0) is 9.84. The second kappa shape index (κ2) is 4.28. The van der Waals surface area contributed by atoms with Crippen molar-refractivity contribution >= 4 is 0 Å². The van der Waals surface area contributed by atoms with E-state index in [4.69, 9.17) is 4.42 Å². The van der Waals surface area contributed by atoms with Crippen LogP contribution in [-0.2, 0) is 0 Å². The van der Waals surface area contributed by atoms with Crippen LogP contribution in [0.2, 0.25) is 0 Å². The molecule has 0 spiro atoms. The van der Waals surface area contributed by atoms with Gasteiger partial charge in [0, 0.05) is 5.56 Å². The number of allylic oxidation sites excluding steroid dienone is 1. The fourth-order valence-electron chi connectivity index (χ4n) is 1.28. The van der Waals surface area contributed by atoms with Crippen molar-refractivity contribution in [3.8, 4) is 0 Å². The molecule has 0 amide bonds. The summed E-state index contributed by atoms with van der Waals surface area (Å²) in [6, 6.07) is 1.82. The Morgan fingerprint density at radius 2 is 2.38 bits per heavy atom. The maximum Gasteiger partial charge on any atom is 0.106 e. The summed E-state index contributed by atoms with van der Waals surface area (Å²) in [5, 5.41) is 9.74. The van der Waals surface area contributed by atoms with Crippen molar-refractivity contribution in [2.24, 2.45) is 0 Å². The van der Waals surface area contributed by atoms with E-state index in [2.05, 4.69) is 6.58 Å². The van der Waals surface area contributed by atoms with Gasteiger partial charge in [0.25, 0.3) is 0 Å². The molecular formula is C11H16O2. The summed E-state index contributed by atoms with van der Waals surface area (Å²) < 4.78 is 5.11. The summed E-state index contributed by atoms with van der Waals surface area (Å²) in [7, 11) is 0. The summed E-state index contributed by atoms with van der Waals surface area (Å²) in [4.78, 5) is 0. The van der Waals surface area contributed by atoms with Gasteiger partial charge >= 0.3 is 0 Å².